The van der Waals surface area contributed by atoms with Crippen LogP contribution in [0.25, 0.3) is 22.4 Å². The average molecular weight is 396 g/mol. The second-order valence-corrected chi connectivity index (χ2v) is 6.89. The van der Waals surface area contributed by atoms with Gasteiger partial charge in [0.25, 0.3) is 0 Å². The van der Waals surface area contributed by atoms with Gasteiger partial charge in [-0.05, 0) is 42.5 Å². The third-order valence-corrected chi connectivity index (χ3v) is 4.67. The summed E-state index contributed by atoms with van der Waals surface area (Å²) in [7, 11) is 0. The van der Waals surface area contributed by atoms with Gasteiger partial charge in [0, 0.05) is 23.1 Å². The summed E-state index contributed by atoms with van der Waals surface area (Å²) in [5.41, 5.74) is 3.69. The van der Waals surface area contributed by atoms with E-state index in [2.05, 4.69) is 4.98 Å². The highest BCUT2D eigenvalue weighted by Gasteiger charge is 2.10. The molecule has 5 heteroatoms. The maximum atomic E-state index is 10.6. The number of pyridine rings is 1. The van der Waals surface area contributed by atoms with Crippen molar-refractivity contribution in [1.82, 2.24) is 4.98 Å². The molecule has 2 aromatic carbocycles. The summed E-state index contributed by atoms with van der Waals surface area (Å²) in [6.45, 7) is 0.493. The van der Waals surface area contributed by atoms with Gasteiger partial charge < -0.3 is 9.84 Å². The largest absolute Gasteiger partial charge is 0.481 e. The van der Waals surface area contributed by atoms with Gasteiger partial charge in [0.05, 0.1) is 12.3 Å². The minimum Gasteiger partial charge on any atom is -0.481 e. The first-order valence-electron chi connectivity index (χ1n) is 9.30. The molecule has 28 heavy (non-hydrogen) atoms. The molecule has 0 atom stereocenters. The predicted octanol–water partition coefficient (Wildman–Crippen LogP) is 6.09. The summed E-state index contributed by atoms with van der Waals surface area (Å²) in [4.78, 5) is 15.2. The van der Waals surface area contributed by atoms with Crippen LogP contribution in [0.15, 0.2) is 66.7 Å². The van der Waals surface area contributed by atoms with E-state index in [1.807, 2.05) is 66.7 Å². The minimum atomic E-state index is -0.762. The summed E-state index contributed by atoms with van der Waals surface area (Å²) in [6.07, 6.45) is 2.44. The fraction of sp³-hybridized carbons (Fsp3) is 0.217. The number of halogens is 1. The molecule has 0 aliphatic carbocycles. The summed E-state index contributed by atoms with van der Waals surface area (Å²) >= 11 is 6.37. The van der Waals surface area contributed by atoms with E-state index in [1.54, 1.807) is 0 Å². The minimum absolute atomic E-state index is 0.193. The average Bonchev–Trinajstić information content (AvgIpc) is 2.71. The Labute approximate surface area is 169 Å². The van der Waals surface area contributed by atoms with Crippen LogP contribution in [-0.4, -0.2) is 22.7 Å². The van der Waals surface area contributed by atoms with Crippen molar-refractivity contribution in [1.29, 1.82) is 0 Å². The van der Waals surface area contributed by atoms with Crippen LogP contribution in [0, 0.1) is 0 Å². The molecule has 0 bridgehead atoms. The molecule has 144 valence electrons. The van der Waals surface area contributed by atoms with Gasteiger partial charge in [-0.2, -0.15) is 0 Å². The van der Waals surface area contributed by atoms with Crippen molar-refractivity contribution in [3.63, 3.8) is 0 Å². The molecule has 0 spiro atoms. The first-order valence-corrected chi connectivity index (χ1v) is 9.68. The topological polar surface area (TPSA) is 59.4 Å². The monoisotopic (exact) mass is 395 g/mol. The van der Waals surface area contributed by atoms with E-state index in [0.717, 1.165) is 35.2 Å². The fourth-order valence-electron chi connectivity index (χ4n) is 2.92. The number of hydrogen-bond donors (Lipinski definition) is 1. The summed E-state index contributed by atoms with van der Waals surface area (Å²) < 4.78 is 5.88. The number of carbonyl (C=O) groups is 1. The van der Waals surface area contributed by atoms with Crippen molar-refractivity contribution in [3.05, 3.63) is 71.8 Å². The van der Waals surface area contributed by atoms with Crippen molar-refractivity contribution in [2.24, 2.45) is 0 Å². The molecule has 0 aliphatic heterocycles. The fourth-order valence-corrected chi connectivity index (χ4v) is 3.15. The highest BCUT2D eigenvalue weighted by Crippen LogP contribution is 2.32. The molecule has 1 heterocycles. The molecule has 1 aromatic heterocycles. The maximum absolute atomic E-state index is 10.6. The Hall–Kier alpha value is -2.85. The Bertz CT molecular complexity index is 928. The second kappa shape index (κ2) is 9.90. The van der Waals surface area contributed by atoms with Gasteiger partial charge in [0.1, 0.15) is 0 Å². The SMILES string of the molecule is O=C(O)CCCCCOc1cc(-c2ccccc2)cc(-c2ccccc2Cl)n1. The lowest BCUT2D eigenvalue weighted by molar-refractivity contribution is -0.137. The van der Waals surface area contributed by atoms with Gasteiger partial charge in [-0.1, -0.05) is 60.1 Å². The lowest BCUT2D eigenvalue weighted by atomic mass is 10.0. The predicted molar refractivity (Wildman–Crippen MR) is 112 cm³/mol. The molecule has 4 nitrogen and oxygen atoms in total. The zero-order chi connectivity index (χ0) is 19.8. The van der Waals surface area contributed by atoms with Gasteiger partial charge in [-0.15, -0.1) is 0 Å². The number of ether oxygens (including phenoxy) is 1. The van der Waals surface area contributed by atoms with Crippen molar-refractivity contribution in [2.75, 3.05) is 6.61 Å². The molecule has 0 amide bonds. The number of aliphatic carboxylic acids is 1. The molecule has 0 radical (unpaired) electrons. The first kappa shape index (κ1) is 19.9. The Morgan fingerprint density at radius 1 is 0.929 bits per heavy atom. The molecule has 0 aliphatic rings. The quantitative estimate of drug-likeness (QED) is 0.445. The van der Waals surface area contributed by atoms with Crippen LogP contribution in [0.5, 0.6) is 5.88 Å². The molecular weight excluding hydrogens is 374 g/mol. The normalized spacial score (nSPS) is 10.6. The Morgan fingerprint density at radius 3 is 2.43 bits per heavy atom. The number of nitrogens with zero attached hydrogens (tertiary/aromatic N) is 1. The smallest absolute Gasteiger partial charge is 0.303 e. The van der Waals surface area contributed by atoms with Crippen LogP contribution in [0.2, 0.25) is 5.02 Å². The highest BCUT2D eigenvalue weighted by molar-refractivity contribution is 6.33. The lowest BCUT2D eigenvalue weighted by Crippen LogP contribution is -2.01. The maximum Gasteiger partial charge on any atom is 0.303 e. The van der Waals surface area contributed by atoms with Crippen LogP contribution < -0.4 is 4.74 Å². The van der Waals surface area contributed by atoms with E-state index in [-0.39, 0.29) is 6.42 Å². The standard InChI is InChI=1S/C23H22ClNO3/c24-20-12-7-6-11-19(20)21-15-18(17-9-3-1-4-10-17)16-22(25-21)28-14-8-2-5-13-23(26)27/h1,3-4,6-7,9-12,15-16H,2,5,8,13-14H2,(H,26,27). The number of aromatic nitrogens is 1. The van der Waals surface area contributed by atoms with Crippen molar-refractivity contribution < 1.29 is 14.6 Å². The summed E-state index contributed by atoms with van der Waals surface area (Å²) in [6, 6.07) is 21.6. The zero-order valence-corrected chi connectivity index (χ0v) is 16.2. The van der Waals surface area contributed by atoms with Crippen LogP contribution in [-0.2, 0) is 4.79 Å². The molecule has 1 N–H and O–H groups in total. The van der Waals surface area contributed by atoms with Crippen molar-refractivity contribution >= 4 is 17.6 Å². The summed E-state index contributed by atoms with van der Waals surface area (Å²) in [5, 5.41) is 9.33. The molecular formula is C23H22ClNO3. The number of carboxylic acids is 1. The third kappa shape index (κ3) is 5.57. The van der Waals surface area contributed by atoms with Gasteiger partial charge in [-0.25, -0.2) is 4.98 Å². The van der Waals surface area contributed by atoms with Gasteiger partial charge >= 0.3 is 5.97 Å². The van der Waals surface area contributed by atoms with E-state index in [1.165, 1.54) is 0 Å². The van der Waals surface area contributed by atoms with Crippen molar-refractivity contribution in [3.8, 4) is 28.3 Å². The summed E-state index contributed by atoms with van der Waals surface area (Å²) in [5.74, 6) is -0.225. The Kier molecular flexibility index (Phi) is 7.04. The van der Waals surface area contributed by atoms with Gasteiger partial charge in [0.15, 0.2) is 0 Å². The molecule has 0 saturated carbocycles. The number of benzene rings is 2. The molecule has 0 unspecified atom stereocenters. The van der Waals surface area contributed by atoms with Gasteiger partial charge in [0.2, 0.25) is 5.88 Å². The molecule has 3 rings (SSSR count). The first-order chi connectivity index (χ1) is 13.6. The van der Waals surface area contributed by atoms with Crippen LogP contribution in [0.1, 0.15) is 25.7 Å². The van der Waals surface area contributed by atoms with E-state index in [4.69, 9.17) is 21.4 Å². The number of carboxylic acid groups (broad SMARTS) is 1. The van der Waals surface area contributed by atoms with Gasteiger partial charge in [-0.3, -0.25) is 4.79 Å². The molecule has 0 fully saturated rings. The van der Waals surface area contributed by atoms with E-state index in [9.17, 15) is 4.79 Å². The number of unbranched alkanes of at least 4 members (excludes halogenated alkanes) is 2. The number of hydrogen-bond acceptors (Lipinski definition) is 3. The number of rotatable bonds is 9. The zero-order valence-electron chi connectivity index (χ0n) is 15.5. The lowest BCUT2D eigenvalue weighted by Gasteiger charge is -2.12. The Balaban J connectivity index is 1.80. The highest BCUT2D eigenvalue weighted by atomic mass is 35.5. The van der Waals surface area contributed by atoms with E-state index < -0.39 is 5.97 Å². The van der Waals surface area contributed by atoms with Crippen LogP contribution in [0.3, 0.4) is 0 Å². The van der Waals surface area contributed by atoms with E-state index >= 15 is 0 Å². The van der Waals surface area contributed by atoms with Crippen molar-refractivity contribution in [2.45, 2.75) is 25.7 Å². The second-order valence-electron chi connectivity index (χ2n) is 6.48. The molecule has 3 aromatic rings. The van der Waals surface area contributed by atoms with Crippen LogP contribution in [0.4, 0.5) is 0 Å². The van der Waals surface area contributed by atoms with Crippen LogP contribution >= 0.6 is 11.6 Å². The molecule has 0 saturated heterocycles. The Morgan fingerprint density at radius 2 is 1.68 bits per heavy atom. The van der Waals surface area contributed by atoms with E-state index in [0.29, 0.717) is 23.9 Å². The third-order valence-electron chi connectivity index (χ3n) is 4.34.